The third-order valence-electron chi connectivity index (χ3n) is 5.64. The smallest absolute Gasteiger partial charge is 0.253 e. The van der Waals surface area contributed by atoms with Crippen LogP contribution in [0.3, 0.4) is 0 Å². The quantitative estimate of drug-likeness (QED) is 0.475. The van der Waals surface area contributed by atoms with E-state index in [1.165, 1.54) is 4.88 Å². The van der Waals surface area contributed by atoms with Gasteiger partial charge in [0.2, 0.25) is 0 Å². The molecule has 2 aromatic carbocycles. The van der Waals surface area contributed by atoms with E-state index >= 15 is 0 Å². The molecule has 0 radical (unpaired) electrons. The minimum absolute atomic E-state index is 0.0396. The number of thiophene rings is 1. The van der Waals surface area contributed by atoms with E-state index in [0.29, 0.717) is 17.7 Å². The van der Waals surface area contributed by atoms with Gasteiger partial charge in [-0.2, -0.15) is 0 Å². The van der Waals surface area contributed by atoms with Crippen molar-refractivity contribution in [2.75, 3.05) is 24.5 Å². The van der Waals surface area contributed by atoms with Crippen LogP contribution >= 0.6 is 27.3 Å². The number of carbonyl (C=O) groups excluding carboxylic acids is 2. The van der Waals surface area contributed by atoms with E-state index in [9.17, 15) is 9.59 Å². The van der Waals surface area contributed by atoms with Crippen molar-refractivity contribution in [1.29, 1.82) is 0 Å². The summed E-state index contributed by atoms with van der Waals surface area (Å²) < 4.78 is 0.894. The van der Waals surface area contributed by atoms with Gasteiger partial charge in [-0.1, -0.05) is 40.2 Å². The van der Waals surface area contributed by atoms with Crippen molar-refractivity contribution in [3.05, 3.63) is 86.5 Å². The van der Waals surface area contributed by atoms with E-state index < -0.39 is 0 Å². The van der Waals surface area contributed by atoms with Crippen molar-refractivity contribution in [2.45, 2.75) is 25.3 Å². The molecule has 7 heteroatoms. The van der Waals surface area contributed by atoms with Gasteiger partial charge in [-0.3, -0.25) is 9.59 Å². The largest absolute Gasteiger partial charge is 0.371 e. The summed E-state index contributed by atoms with van der Waals surface area (Å²) in [6, 6.07) is 19.4. The highest BCUT2D eigenvalue weighted by molar-refractivity contribution is 9.10. The van der Waals surface area contributed by atoms with Crippen LogP contribution in [0.15, 0.2) is 70.5 Å². The van der Waals surface area contributed by atoms with Gasteiger partial charge in [-0.05, 0) is 61.0 Å². The molecule has 1 saturated heterocycles. The maximum absolute atomic E-state index is 12.8. The van der Waals surface area contributed by atoms with Gasteiger partial charge < -0.3 is 15.5 Å². The van der Waals surface area contributed by atoms with Crippen LogP contribution in [0.1, 0.15) is 38.4 Å². The van der Waals surface area contributed by atoms with E-state index in [0.717, 1.165) is 42.5 Å². The van der Waals surface area contributed by atoms with E-state index in [2.05, 4.69) is 42.9 Å². The summed E-state index contributed by atoms with van der Waals surface area (Å²) in [6.45, 7) is 2.21. The van der Waals surface area contributed by atoms with Gasteiger partial charge in [0.05, 0.1) is 5.56 Å². The molecule has 166 valence electrons. The second-order valence-corrected chi connectivity index (χ2v) is 9.80. The van der Waals surface area contributed by atoms with Crippen LogP contribution in [0.5, 0.6) is 0 Å². The zero-order chi connectivity index (χ0) is 22.3. The van der Waals surface area contributed by atoms with Crippen molar-refractivity contribution >= 4 is 44.8 Å². The lowest BCUT2D eigenvalue weighted by Gasteiger charge is -2.35. The fraction of sp³-hybridized carbons (Fsp3) is 0.280. The van der Waals surface area contributed by atoms with Crippen molar-refractivity contribution in [3.63, 3.8) is 0 Å². The molecule has 2 N–H and O–H groups in total. The highest BCUT2D eigenvalue weighted by Gasteiger charge is 2.24. The number of nitrogens with one attached hydrogen (secondary N) is 2. The predicted octanol–water partition coefficient (Wildman–Crippen LogP) is 4.88. The number of rotatable bonds is 7. The van der Waals surface area contributed by atoms with Gasteiger partial charge >= 0.3 is 0 Å². The summed E-state index contributed by atoms with van der Waals surface area (Å²) in [6.07, 6.45) is 2.52. The first-order valence-corrected chi connectivity index (χ1v) is 12.5. The normalized spacial score (nSPS) is 14.2. The summed E-state index contributed by atoms with van der Waals surface area (Å²) in [5, 5.41) is 8.26. The number of amides is 2. The molecule has 32 heavy (non-hydrogen) atoms. The van der Waals surface area contributed by atoms with E-state index in [-0.39, 0.29) is 17.9 Å². The Balaban J connectivity index is 1.32. The van der Waals surface area contributed by atoms with Crippen LogP contribution in [0, 0.1) is 0 Å². The standard InChI is InChI=1S/C25H26BrN3O2S/c26-19-6-3-5-18(17-19)24(30)28-20-11-14-29(15-12-20)23-9-2-1-8-22(23)25(31)27-13-10-21-7-4-16-32-21/h1-9,16-17,20H,10-15H2,(H,27,31)(H,28,30). The van der Waals surface area contributed by atoms with Gasteiger partial charge in [0, 0.05) is 46.3 Å². The third kappa shape index (κ3) is 5.78. The van der Waals surface area contributed by atoms with Crippen LogP contribution in [0.4, 0.5) is 5.69 Å². The minimum atomic E-state index is -0.0460. The second-order valence-electron chi connectivity index (χ2n) is 7.85. The SMILES string of the molecule is O=C(NC1CCN(c2ccccc2C(=O)NCCc2cccs2)CC1)c1cccc(Br)c1. The van der Waals surface area contributed by atoms with Crippen molar-refractivity contribution in [2.24, 2.45) is 0 Å². The first-order chi connectivity index (χ1) is 15.6. The molecule has 5 nitrogen and oxygen atoms in total. The van der Waals surface area contributed by atoms with E-state index in [1.807, 2.05) is 54.6 Å². The number of halogens is 1. The third-order valence-corrected chi connectivity index (χ3v) is 7.07. The molecule has 0 bridgehead atoms. The maximum atomic E-state index is 12.8. The number of carbonyl (C=O) groups is 2. The highest BCUT2D eigenvalue weighted by Crippen LogP contribution is 2.24. The summed E-state index contributed by atoms with van der Waals surface area (Å²) in [5.74, 6) is -0.0856. The number of hydrogen-bond donors (Lipinski definition) is 2. The van der Waals surface area contributed by atoms with Crippen molar-refractivity contribution in [3.8, 4) is 0 Å². The van der Waals surface area contributed by atoms with Crippen LogP contribution < -0.4 is 15.5 Å². The lowest BCUT2D eigenvalue weighted by Crippen LogP contribution is -2.45. The van der Waals surface area contributed by atoms with Crippen LogP contribution in [0.2, 0.25) is 0 Å². The van der Waals surface area contributed by atoms with Gasteiger partial charge in [0.25, 0.3) is 11.8 Å². The molecule has 1 aliphatic heterocycles. The molecule has 0 atom stereocenters. The first-order valence-electron chi connectivity index (χ1n) is 10.8. The monoisotopic (exact) mass is 511 g/mol. The predicted molar refractivity (Wildman–Crippen MR) is 134 cm³/mol. The Bertz CT molecular complexity index is 1060. The topological polar surface area (TPSA) is 61.4 Å². The number of benzene rings is 2. The van der Waals surface area contributed by atoms with Gasteiger partial charge in [0.15, 0.2) is 0 Å². The van der Waals surface area contributed by atoms with E-state index in [4.69, 9.17) is 0 Å². The minimum Gasteiger partial charge on any atom is -0.371 e. The summed E-state index contributed by atoms with van der Waals surface area (Å²) in [5.41, 5.74) is 2.32. The number of para-hydroxylation sites is 1. The summed E-state index contributed by atoms with van der Waals surface area (Å²) in [7, 11) is 0. The number of nitrogens with zero attached hydrogens (tertiary/aromatic N) is 1. The van der Waals surface area contributed by atoms with Gasteiger partial charge in [-0.15, -0.1) is 11.3 Å². The molecular formula is C25H26BrN3O2S. The molecule has 1 fully saturated rings. The Morgan fingerprint density at radius 3 is 2.56 bits per heavy atom. The highest BCUT2D eigenvalue weighted by atomic mass is 79.9. The van der Waals surface area contributed by atoms with Crippen molar-refractivity contribution < 1.29 is 9.59 Å². The number of anilines is 1. The van der Waals surface area contributed by atoms with Crippen LogP contribution in [-0.2, 0) is 6.42 Å². The number of piperidine rings is 1. The average molecular weight is 512 g/mol. The molecule has 0 unspecified atom stereocenters. The molecule has 2 heterocycles. The number of hydrogen-bond acceptors (Lipinski definition) is 4. The molecule has 4 rings (SSSR count). The van der Waals surface area contributed by atoms with Crippen molar-refractivity contribution in [1.82, 2.24) is 10.6 Å². The lowest BCUT2D eigenvalue weighted by molar-refractivity contribution is 0.0929. The molecular weight excluding hydrogens is 486 g/mol. The lowest BCUT2D eigenvalue weighted by atomic mass is 10.0. The average Bonchev–Trinajstić information content (AvgIpc) is 3.33. The van der Waals surface area contributed by atoms with Gasteiger partial charge in [-0.25, -0.2) is 0 Å². The zero-order valence-corrected chi connectivity index (χ0v) is 20.1. The molecule has 0 saturated carbocycles. The molecule has 2 amide bonds. The molecule has 0 spiro atoms. The molecule has 1 aromatic heterocycles. The fourth-order valence-electron chi connectivity index (χ4n) is 3.95. The second kappa shape index (κ2) is 10.8. The Kier molecular flexibility index (Phi) is 7.60. The van der Waals surface area contributed by atoms with E-state index in [1.54, 1.807) is 11.3 Å². The van der Waals surface area contributed by atoms with Gasteiger partial charge in [0.1, 0.15) is 0 Å². The van der Waals surface area contributed by atoms with Crippen LogP contribution in [0.25, 0.3) is 0 Å². The summed E-state index contributed by atoms with van der Waals surface area (Å²) >= 11 is 5.12. The Hall–Kier alpha value is -2.64. The fourth-order valence-corrected chi connectivity index (χ4v) is 5.06. The maximum Gasteiger partial charge on any atom is 0.253 e. The molecule has 1 aliphatic rings. The molecule has 3 aromatic rings. The Morgan fingerprint density at radius 2 is 1.81 bits per heavy atom. The van der Waals surface area contributed by atoms with Crippen LogP contribution in [-0.4, -0.2) is 37.5 Å². The zero-order valence-electron chi connectivity index (χ0n) is 17.7. The first kappa shape index (κ1) is 22.6. The molecule has 0 aliphatic carbocycles. The Labute approximate surface area is 201 Å². The summed E-state index contributed by atoms with van der Waals surface area (Å²) in [4.78, 5) is 28.9. The Morgan fingerprint density at radius 1 is 1.00 bits per heavy atom.